The van der Waals surface area contributed by atoms with Crippen LogP contribution in [0, 0.1) is 23.1 Å². The van der Waals surface area contributed by atoms with Crippen molar-refractivity contribution in [3.8, 4) is 6.07 Å². The van der Waals surface area contributed by atoms with Crippen LogP contribution in [0.2, 0.25) is 0 Å². The van der Waals surface area contributed by atoms with Gasteiger partial charge in [-0.3, -0.25) is 4.79 Å². The van der Waals surface area contributed by atoms with Crippen molar-refractivity contribution >= 4 is 11.6 Å². The number of benzene rings is 1. The van der Waals surface area contributed by atoms with Crippen LogP contribution in [-0.4, -0.2) is 13.0 Å². The van der Waals surface area contributed by atoms with Crippen LogP contribution in [0.1, 0.15) is 13.3 Å². The average molecular weight is 220 g/mol. The lowest BCUT2D eigenvalue weighted by atomic mass is 10.1. The van der Waals surface area contributed by atoms with E-state index >= 15 is 0 Å². The molecule has 0 saturated carbocycles. The molecule has 4 heteroatoms. The molecule has 84 valence electrons. The summed E-state index contributed by atoms with van der Waals surface area (Å²) < 4.78 is 12.7. The van der Waals surface area contributed by atoms with Gasteiger partial charge in [0.05, 0.1) is 6.07 Å². The quantitative estimate of drug-likeness (QED) is 0.784. The Morgan fingerprint density at radius 2 is 2.06 bits per heavy atom. The first-order valence-corrected chi connectivity index (χ1v) is 5.03. The van der Waals surface area contributed by atoms with Gasteiger partial charge in [-0.15, -0.1) is 0 Å². The lowest BCUT2D eigenvalue weighted by Gasteiger charge is -2.19. The second-order valence-electron chi connectivity index (χ2n) is 3.46. The SMILES string of the molecule is CCC(C#N)C(=O)N(C)c1ccc(F)cc1. The van der Waals surface area contributed by atoms with Crippen molar-refractivity contribution in [1.29, 1.82) is 5.26 Å². The largest absolute Gasteiger partial charge is 0.314 e. The highest BCUT2D eigenvalue weighted by atomic mass is 19.1. The first kappa shape index (κ1) is 12.2. The van der Waals surface area contributed by atoms with Crippen molar-refractivity contribution in [3.63, 3.8) is 0 Å². The van der Waals surface area contributed by atoms with Gasteiger partial charge in [-0.25, -0.2) is 4.39 Å². The molecule has 1 unspecified atom stereocenters. The highest BCUT2D eigenvalue weighted by Crippen LogP contribution is 2.16. The standard InChI is InChI=1S/C12H13FN2O/c1-3-9(8-14)12(16)15(2)11-6-4-10(13)5-7-11/h4-7,9H,3H2,1-2H3. The van der Waals surface area contributed by atoms with Gasteiger partial charge in [-0.1, -0.05) is 6.92 Å². The normalized spacial score (nSPS) is 11.6. The summed E-state index contributed by atoms with van der Waals surface area (Å²) in [7, 11) is 1.58. The molecule has 0 heterocycles. The smallest absolute Gasteiger partial charge is 0.244 e. The van der Waals surface area contributed by atoms with Gasteiger partial charge in [0.15, 0.2) is 0 Å². The number of halogens is 1. The van der Waals surface area contributed by atoms with E-state index in [2.05, 4.69) is 0 Å². The van der Waals surface area contributed by atoms with Gasteiger partial charge in [0.2, 0.25) is 5.91 Å². The predicted molar refractivity (Wildman–Crippen MR) is 59.2 cm³/mol. The zero-order valence-corrected chi connectivity index (χ0v) is 9.27. The van der Waals surface area contributed by atoms with Crippen molar-refractivity contribution in [2.45, 2.75) is 13.3 Å². The number of nitriles is 1. The van der Waals surface area contributed by atoms with Crippen molar-refractivity contribution in [1.82, 2.24) is 0 Å². The molecular weight excluding hydrogens is 207 g/mol. The van der Waals surface area contributed by atoms with Crippen LogP contribution in [0.3, 0.4) is 0 Å². The zero-order valence-electron chi connectivity index (χ0n) is 9.27. The van der Waals surface area contributed by atoms with Crippen LogP contribution in [0.4, 0.5) is 10.1 Å². The third-order valence-corrected chi connectivity index (χ3v) is 2.41. The second-order valence-corrected chi connectivity index (χ2v) is 3.46. The minimum atomic E-state index is -0.643. The Bertz CT molecular complexity index is 408. The summed E-state index contributed by atoms with van der Waals surface area (Å²) in [5.41, 5.74) is 0.583. The van der Waals surface area contributed by atoms with E-state index in [0.29, 0.717) is 12.1 Å². The van der Waals surface area contributed by atoms with E-state index in [-0.39, 0.29) is 11.7 Å². The molecule has 1 aromatic carbocycles. The minimum absolute atomic E-state index is 0.267. The first-order chi connectivity index (χ1) is 7.60. The molecule has 1 atom stereocenters. The lowest BCUT2D eigenvalue weighted by molar-refractivity contribution is -0.120. The third-order valence-electron chi connectivity index (χ3n) is 2.41. The summed E-state index contributed by atoms with van der Waals surface area (Å²) >= 11 is 0. The van der Waals surface area contributed by atoms with E-state index in [0.717, 1.165) is 0 Å². The number of carbonyl (C=O) groups is 1. The highest BCUT2D eigenvalue weighted by molar-refractivity contribution is 5.95. The van der Waals surface area contributed by atoms with Crippen LogP contribution in [-0.2, 0) is 4.79 Å². The summed E-state index contributed by atoms with van der Waals surface area (Å²) in [5.74, 6) is -1.26. The lowest BCUT2D eigenvalue weighted by Crippen LogP contribution is -2.31. The minimum Gasteiger partial charge on any atom is -0.314 e. The van der Waals surface area contributed by atoms with Gasteiger partial charge in [0.25, 0.3) is 0 Å². The monoisotopic (exact) mass is 220 g/mol. The van der Waals surface area contributed by atoms with Gasteiger partial charge in [0.1, 0.15) is 11.7 Å². The second kappa shape index (κ2) is 5.26. The van der Waals surface area contributed by atoms with Crippen molar-refractivity contribution in [2.75, 3.05) is 11.9 Å². The Kier molecular flexibility index (Phi) is 4.01. The van der Waals surface area contributed by atoms with E-state index in [9.17, 15) is 9.18 Å². The molecule has 0 aliphatic heterocycles. The fraction of sp³-hybridized carbons (Fsp3) is 0.333. The fourth-order valence-electron chi connectivity index (χ4n) is 1.35. The number of nitrogens with zero attached hydrogens (tertiary/aromatic N) is 2. The molecule has 16 heavy (non-hydrogen) atoms. The van der Waals surface area contributed by atoms with E-state index in [1.54, 1.807) is 14.0 Å². The number of hydrogen-bond donors (Lipinski definition) is 0. The molecule has 0 bridgehead atoms. The fourth-order valence-corrected chi connectivity index (χ4v) is 1.35. The Morgan fingerprint density at radius 3 is 2.50 bits per heavy atom. The summed E-state index contributed by atoms with van der Waals surface area (Å²) in [4.78, 5) is 13.2. The third kappa shape index (κ3) is 2.57. The maximum Gasteiger partial charge on any atom is 0.244 e. The Balaban J connectivity index is 2.86. The summed E-state index contributed by atoms with van der Waals surface area (Å²) in [6, 6.07) is 7.54. The molecule has 1 amide bonds. The van der Waals surface area contributed by atoms with Crippen LogP contribution in [0.5, 0.6) is 0 Å². The van der Waals surface area contributed by atoms with Gasteiger partial charge < -0.3 is 4.90 Å². The van der Waals surface area contributed by atoms with E-state index in [4.69, 9.17) is 5.26 Å². The van der Waals surface area contributed by atoms with Gasteiger partial charge in [-0.05, 0) is 30.7 Å². The summed E-state index contributed by atoms with van der Waals surface area (Å²) in [6.07, 6.45) is 0.473. The Labute approximate surface area is 94.1 Å². The molecule has 0 saturated heterocycles. The van der Waals surface area contributed by atoms with Crippen molar-refractivity contribution in [3.05, 3.63) is 30.1 Å². The van der Waals surface area contributed by atoms with Crippen LogP contribution < -0.4 is 4.90 Å². The van der Waals surface area contributed by atoms with Gasteiger partial charge in [-0.2, -0.15) is 5.26 Å². The molecule has 0 N–H and O–H groups in total. The molecule has 0 spiro atoms. The Hall–Kier alpha value is -1.89. The van der Waals surface area contributed by atoms with Crippen molar-refractivity contribution < 1.29 is 9.18 Å². The topological polar surface area (TPSA) is 44.1 Å². The molecule has 0 aromatic heterocycles. The first-order valence-electron chi connectivity index (χ1n) is 5.03. The number of rotatable bonds is 3. The van der Waals surface area contributed by atoms with E-state index in [1.165, 1.54) is 29.2 Å². The van der Waals surface area contributed by atoms with Crippen molar-refractivity contribution in [2.24, 2.45) is 5.92 Å². The summed E-state index contributed by atoms with van der Waals surface area (Å²) in [6.45, 7) is 1.78. The molecule has 1 rings (SSSR count). The van der Waals surface area contributed by atoms with E-state index < -0.39 is 5.92 Å². The molecule has 0 radical (unpaired) electrons. The Morgan fingerprint density at radius 1 is 1.50 bits per heavy atom. The molecular formula is C12H13FN2O. The maximum atomic E-state index is 12.7. The molecule has 0 fully saturated rings. The van der Waals surface area contributed by atoms with Crippen LogP contribution >= 0.6 is 0 Å². The highest BCUT2D eigenvalue weighted by Gasteiger charge is 2.20. The predicted octanol–water partition coefficient (Wildman–Crippen LogP) is 2.34. The average Bonchev–Trinajstić information content (AvgIpc) is 2.30. The number of hydrogen-bond acceptors (Lipinski definition) is 2. The number of carbonyl (C=O) groups excluding carboxylic acids is 1. The van der Waals surface area contributed by atoms with E-state index in [1.807, 2.05) is 6.07 Å². The van der Waals surface area contributed by atoms with Crippen LogP contribution in [0.15, 0.2) is 24.3 Å². The molecule has 3 nitrogen and oxygen atoms in total. The van der Waals surface area contributed by atoms with Crippen LogP contribution in [0.25, 0.3) is 0 Å². The molecule has 0 aliphatic rings. The maximum absolute atomic E-state index is 12.7. The zero-order chi connectivity index (χ0) is 12.1. The van der Waals surface area contributed by atoms with Gasteiger partial charge in [0, 0.05) is 12.7 Å². The molecule has 0 aliphatic carbocycles. The number of amides is 1. The number of anilines is 1. The summed E-state index contributed by atoms with van der Waals surface area (Å²) in [5, 5.41) is 8.78. The molecule has 1 aromatic rings. The van der Waals surface area contributed by atoms with Gasteiger partial charge >= 0.3 is 0 Å².